The van der Waals surface area contributed by atoms with Crippen LogP contribution in [-0.2, 0) is 6.42 Å². The summed E-state index contributed by atoms with van der Waals surface area (Å²) < 4.78 is 6.90. The van der Waals surface area contributed by atoms with Crippen LogP contribution in [0.2, 0.25) is 0 Å². The summed E-state index contributed by atoms with van der Waals surface area (Å²) in [6.07, 6.45) is 5.70. The predicted octanol–water partition coefficient (Wildman–Crippen LogP) is 2.79. The highest BCUT2D eigenvalue weighted by atomic mass is 127. The Morgan fingerprint density at radius 3 is 3.00 bits per heavy atom. The number of nitrogens with zero attached hydrogens (tertiary/aromatic N) is 1. The maximum Gasteiger partial charge on any atom is 0.142 e. The molecule has 0 aromatic carbocycles. The molecule has 1 aromatic heterocycles. The Bertz CT molecular complexity index is 310. The molecular weight excluding hydrogens is 277 g/mol. The number of ether oxygens (including phenoxy) is 1. The minimum atomic E-state index is 0.463. The Labute approximate surface area is 91.8 Å². The van der Waals surface area contributed by atoms with Crippen LogP contribution in [0.3, 0.4) is 0 Å². The summed E-state index contributed by atoms with van der Waals surface area (Å²) in [5.41, 5.74) is 1.08. The second kappa shape index (κ2) is 3.82. The lowest BCUT2D eigenvalue weighted by molar-refractivity contribution is 0.298. The van der Waals surface area contributed by atoms with Crippen LogP contribution in [0.15, 0.2) is 12.3 Å². The first-order chi connectivity index (χ1) is 6.29. The molecule has 0 radical (unpaired) electrons. The lowest BCUT2D eigenvalue weighted by Crippen LogP contribution is -2.01. The van der Waals surface area contributed by atoms with Crippen molar-refractivity contribution in [2.45, 2.75) is 32.3 Å². The van der Waals surface area contributed by atoms with Gasteiger partial charge in [0.05, 0.1) is 11.8 Å². The van der Waals surface area contributed by atoms with Crippen molar-refractivity contribution in [3.05, 3.63) is 21.5 Å². The summed E-state index contributed by atoms with van der Waals surface area (Å²) >= 11 is 2.26. The fraction of sp³-hybridized carbons (Fsp3) is 0.500. The van der Waals surface area contributed by atoms with Crippen molar-refractivity contribution in [1.82, 2.24) is 4.98 Å². The van der Waals surface area contributed by atoms with Crippen molar-refractivity contribution in [2.75, 3.05) is 0 Å². The number of hydrogen-bond donors (Lipinski definition) is 0. The van der Waals surface area contributed by atoms with Crippen molar-refractivity contribution < 1.29 is 4.74 Å². The van der Waals surface area contributed by atoms with Gasteiger partial charge in [-0.1, -0.05) is 6.92 Å². The SMILES string of the molecule is CCc1ncc(I)cc1OC1CC1. The van der Waals surface area contributed by atoms with E-state index in [-0.39, 0.29) is 0 Å². The van der Waals surface area contributed by atoms with Gasteiger partial charge in [0.2, 0.25) is 0 Å². The number of aromatic nitrogens is 1. The number of halogens is 1. The van der Waals surface area contributed by atoms with Crippen LogP contribution in [-0.4, -0.2) is 11.1 Å². The van der Waals surface area contributed by atoms with E-state index in [9.17, 15) is 0 Å². The molecule has 1 heterocycles. The highest BCUT2D eigenvalue weighted by molar-refractivity contribution is 14.1. The molecule has 13 heavy (non-hydrogen) atoms. The van der Waals surface area contributed by atoms with Gasteiger partial charge in [-0.25, -0.2) is 0 Å². The van der Waals surface area contributed by atoms with Gasteiger partial charge in [0, 0.05) is 9.77 Å². The van der Waals surface area contributed by atoms with Crippen molar-refractivity contribution in [3.8, 4) is 5.75 Å². The molecule has 0 amide bonds. The average molecular weight is 289 g/mol. The molecule has 0 aliphatic heterocycles. The maximum absolute atomic E-state index is 5.76. The number of rotatable bonds is 3. The van der Waals surface area contributed by atoms with Gasteiger partial charge in [0.25, 0.3) is 0 Å². The fourth-order valence-electron chi connectivity index (χ4n) is 1.18. The van der Waals surface area contributed by atoms with E-state index in [2.05, 4.69) is 40.6 Å². The lowest BCUT2D eigenvalue weighted by Gasteiger charge is -2.08. The van der Waals surface area contributed by atoms with Gasteiger partial charge >= 0.3 is 0 Å². The molecule has 0 atom stereocenters. The van der Waals surface area contributed by atoms with Gasteiger partial charge in [0.15, 0.2) is 0 Å². The van der Waals surface area contributed by atoms with E-state index in [1.165, 1.54) is 12.8 Å². The Balaban J connectivity index is 2.22. The third-order valence-corrected chi connectivity index (χ3v) is 2.64. The van der Waals surface area contributed by atoms with Gasteiger partial charge in [-0.2, -0.15) is 0 Å². The first-order valence-electron chi connectivity index (χ1n) is 4.60. The molecule has 1 aliphatic carbocycles. The molecule has 1 saturated carbocycles. The van der Waals surface area contributed by atoms with Gasteiger partial charge in [-0.3, -0.25) is 4.98 Å². The summed E-state index contributed by atoms with van der Waals surface area (Å²) in [5.74, 6) is 0.983. The Morgan fingerprint density at radius 1 is 1.62 bits per heavy atom. The Hall–Kier alpha value is -0.320. The van der Waals surface area contributed by atoms with Crippen molar-refractivity contribution in [1.29, 1.82) is 0 Å². The van der Waals surface area contributed by atoms with Gasteiger partial charge < -0.3 is 4.74 Å². The van der Waals surface area contributed by atoms with E-state index >= 15 is 0 Å². The maximum atomic E-state index is 5.76. The van der Waals surface area contributed by atoms with Gasteiger partial charge in [-0.15, -0.1) is 0 Å². The largest absolute Gasteiger partial charge is 0.488 e. The standard InChI is InChI=1S/C10H12INO/c1-2-9-10(13-8-3-4-8)5-7(11)6-12-9/h5-6,8H,2-4H2,1H3. The summed E-state index contributed by atoms with van der Waals surface area (Å²) in [4.78, 5) is 4.35. The second-order valence-corrected chi connectivity index (χ2v) is 4.51. The summed E-state index contributed by atoms with van der Waals surface area (Å²) in [5, 5.41) is 0. The first-order valence-corrected chi connectivity index (χ1v) is 5.68. The minimum Gasteiger partial charge on any atom is -0.488 e. The molecule has 3 heteroatoms. The molecule has 2 rings (SSSR count). The molecule has 1 aromatic rings. The summed E-state index contributed by atoms with van der Waals surface area (Å²) in [6, 6.07) is 2.07. The summed E-state index contributed by atoms with van der Waals surface area (Å²) in [7, 11) is 0. The van der Waals surface area contributed by atoms with Gasteiger partial charge in [0.1, 0.15) is 5.75 Å². The third kappa shape index (κ3) is 2.33. The molecule has 0 N–H and O–H groups in total. The highest BCUT2D eigenvalue weighted by Gasteiger charge is 2.24. The number of hydrogen-bond acceptors (Lipinski definition) is 2. The lowest BCUT2D eigenvalue weighted by atomic mass is 10.3. The Kier molecular flexibility index (Phi) is 2.71. The van der Waals surface area contributed by atoms with Crippen LogP contribution in [0, 0.1) is 3.57 Å². The zero-order valence-electron chi connectivity index (χ0n) is 7.59. The topological polar surface area (TPSA) is 22.1 Å². The third-order valence-electron chi connectivity index (χ3n) is 2.05. The molecular formula is C10H12INO. The normalized spacial score (nSPS) is 15.8. The molecule has 70 valence electrons. The first kappa shape index (κ1) is 9.24. The second-order valence-electron chi connectivity index (χ2n) is 3.27. The molecule has 1 aliphatic rings. The zero-order valence-corrected chi connectivity index (χ0v) is 9.74. The van der Waals surface area contributed by atoms with E-state index in [0.29, 0.717) is 6.10 Å². The van der Waals surface area contributed by atoms with Crippen molar-refractivity contribution in [3.63, 3.8) is 0 Å². The van der Waals surface area contributed by atoms with E-state index in [0.717, 1.165) is 21.4 Å². The molecule has 1 fully saturated rings. The monoisotopic (exact) mass is 289 g/mol. The van der Waals surface area contributed by atoms with E-state index in [1.54, 1.807) is 0 Å². The average Bonchev–Trinajstić information content (AvgIpc) is 2.89. The van der Waals surface area contributed by atoms with Crippen LogP contribution >= 0.6 is 22.6 Å². The molecule has 0 saturated heterocycles. The number of aryl methyl sites for hydroxylation is 1. The highest BCUT2D eigenvalue weighted by Crippen LogP contribution is 2.29. The van der Waals surface area contributed by atoms with E-state index < -0.39 is 0 Å². The van der Waals surface area contributed by atoms with Crippen LogP contribution in [0.1, 0.15) is 25.5 Å². The van der Waals surface area contributed by atoms with Crippen LogP contribution in [0.25, 0.3) is 0 Å². The summed E-state index contributed by atoms with van der Waals surface area (Å²) in [6.45, 7) is 2.11. The molecule has 0 bridgehead atoms. The predicted molar refractivity (Wildman–Crippen MR) is 60.0 cm³/mol. The van der Waals surface area contributed by atoms with Crippen molar-refractivity contribution in [2.24, 2.45) is 0 Å². The molecule has 0 spiro atoms. The van der Waals surface area contributed by atoms with Crippen LogP contribution in [0.4, 0.5) is 0 Å². The molecule has 2 nitrogen and oxygen atoms in total. The zero-order chi connectivity index (χ0) is 9.26. The minimum absolute atomic E-state index is 0.463. The molecule has 0 unspecified atom stereocenters. The quantitative estimate of drug-likeness (QED) is 0.798. The Morgan fingerprint density at radius 2 is 2.38 bits per heavy atom. The van der Waals surface area contributed by atoms with E-state index in [4.69, 9.17) is 4.74 Å². The smallest absolute Gasteiger partial charge is 0.142 e. The van der Waals surface area contributed by atoms with Crippen LogP contribution in [0.5, 0.6) is 5.75 Å². The van der Waals surface area contributed by atoms with E-state index in [1.807, 2.05) is 6.20 Å². The van der Waals surface area contributed by atoms with Crippen molar-refractivity contribution >= 4 is 22.6 Å². The number of pyridine rings is 1. The van der Waals surface area contributed by atoms with Crippen LogP contribution < -0.4 is 4.74 Å². The fourth-order valence-corrected chi connectivity index (χ4v) is 1.60. The van der Waals surface area contributed by atoms with Gasteiger partial charge in [-0.05, 0) is 47.9 Å².